The van der Waals surface area contributed by atoms with E-state index in [1.165, 1.54) is 0 Å². The van der Waals surface area contributed by atoms with E-state index in [2.05, 4.69) is 22.9 Å². The van der Waals surface area contributed by atoms with Gasteiger partial charge in [-0.3, -0.25) is 4.79 Å². The molecule has 100 valence electrons. The molecule has 2 heterocycles. The molecule has 2 rings (SSSR count). The van der Waals surface area contributed by atoms with Crippen LogP contribution in [0.2, 0.25) is 0 Å². The predicted octanol–water partition coefficient (Wildman–Crippen LogP) is 1.84. The monoisotopic (exact) mass is 313 g/mol. The number of hydrogen-bond acceptors (Lipinski definition) is 2. The van der Waals surface area contributed by atoms with E-state index in [1.54, 1.807) is 0 Å². The molecule has 18 heavy (non-hydrogen) atoms. The maximum Gasteiger partial charge on any atom is 0.270 e. The molecule has 2 unspecified atom stereocenters. The van der Waals surface area contributed by atoms with Crippen LogP contribution in [0, 0.1) is 11.8 Å². The molecule has 0 saturated carbocycles. The highest BCUT2D eigenvalue weighted by Crippen LogP contribution is 2.24. The Morgan fingerprint density at radius 3 is 2.89 bits per heavy atom. The quantitative estimate of drug-likeness (QED) is 0.906. The molecule has 1 saturated heterocycles. The van der Waals surface area contributed by atoms with Crippen LogP contribution in [0.3, 0.4) is 0 Å². The lowest BCUT2D eigenvalue weighted by atomic mass is 9.87. The Balaban J connectivity index is 2.12. The standard InChI is InChI=1S/C13H20BrN3O/c1-9-3-4-17(7-10(9)6-15)13(18)12-5-11(14)8-16(12)2/h5,8-10H,3-4,6-7,15H2,1-2H3. The molecule has 0 radical (unpaired) electrons. The molecule has 0 aliphatic carbocycles. The number of carbonyl (C=O) groups is 1. The number of nitrogens with zero attached hydrogens (tertiary/aromatic N) is 2. The number of amides is 1. The zero-order valence-corrected chi connectivity index (χ0v) is 12.5. The minimum Gasteiger partial charge on any atom is -0.345 e. The van der Waals surface area contributed by atoms with Crippen molar-refractivity contribution in [1.29, 1.82) is 0 Å². The van der Waals surface area contributed by atoms with Crippen molar-refractivity contribution in [2.45, 2.75) is 13.3 Å². The van der Waals surface area contributed by atoms with Gasteiger partial charge in [0.2, 0.25) is 0 Å². The third kappa shape index (κ3) is 2.62. The van der Waals surface area contributed by atoms with Gasteiger partial charge in [0, 0.05) is 30.8 Å². The van der Waals surface area contributed by atoms with Crippen LogP contribution in [0.15, 0.2) is 16.7 Å². The number of halogens is 1. The van der Waals surface area contributed by atoms with Gasteiger partial charge in [-0.15, -0.1) is 0 Å². The fourth-order valence-corrected chi connectivity index (χ4v) is 3.06. The maximum atomic E-state index is 12.4. The molecule has 4 nitrogen and oxygen atoms in total. The second-order valence-electron chi connectivity index (χ2n) is 5.17. The van der Waals surface area contributed by atoms with E-state index in [9.17, 15) is 4.79 Å². The van der Waals surface area contributed by atoms with Crippen LogP contribution in [0.4, 0.5) is 0 Å². The van der Waals surface area contributed by atoms with Gasteiger partial charge in [0.15, 0.2) is 0 Å². The molecule has 1 aromatic heterocycles. The number of aromatic nitrogens is 1. The second kappa shape index (κ2) is 5.45. The Bertz CT molecular complexity index is 443. The zero-order valence-electron chi connectivity index (χ0n) is 10.9. The van der Waals surface area contributed by atoms with E-state index in [-0.39, 0.29) is 5.91 Å². The summed E-state index contributed by atoms with van der Waals surface area (Å²) in [7, 11) is 1.89. The first kappa shape index (κ1) is 13.6. The maximum absolute atomic E-state index is 12.4. The van der Waals surface area contributed by atoms with Crippen LogP contribution >= 0.6 is 15.9 Å². The van der Waals surface area contributed by atoms with Gasteiger partial charge in [-0.2, -0.15) is 0 Å². The van der Waals surface area contributed by atoms with Gasteiger partial charge in [-0.1, -0.05) is 6.92 Å². The van der Waals surface area contributed by atoms with E-state index < -0.39 is 0 Å². The molecular formula is C13H20BrN3O. The number of aryl methyl sites for hydroxylation is 1. The number of nitrogens with two attached hydrogens (primary N) is 1. The summed E-state index contributed by atoms with van der Waals surface area (Å²) in [5.41, 5.74) is 6.51. The molecule has 1 aliphatic heterocycles. The Hall–Kier alpha value is -0.810. The predicted molar refractivity (Wildman–Crippen MR) is 75.3 cm³/mol. The first-order valence-corrected chi connectivity index (χ1v) is 7.13. The number of piperidine rings is 1. The van der Waals surface area contributed by atoms with Gasteiger partial charge in [-0.05, 0) is 46.8 Å². The van der Waals surface area contributed by atoms with Crippen LogP contribution in [0.1, 0.15) is 23.8 Å². The van der Waals surface area contributed by atoms with Crippen molar-refractivity contribution >= 4 is 21.8 Å². The largest absolute Gasteiger partial charge is 0.345 e. The highest BCUT2D eigenvalue weighted by atomic mass is 79.9. The Morgan fingerprint density at radius 2 is 2.33 bits per heavy atom. The van der Waals surface area contributed by atoms with Crippen molar-refractivity contribution in [2.24, 2.45) is 24.6 Å². The number of likely N-dealkylation sites (tertiary alicyclic amines) is 1. The van der Waals surface area contributed by atoms with Crippen molar-refractivity contribution in [1.82, 2.24) is 9.47 Å². The molecule has 0 bridgehead atoms. The minimum absolute atomic E-state index is 0.105. The van der Waals surface area contributed by atoms with Crippen molar-refractivity contribution in [2.75, 3.05) is 19.6 Å². The Morgan fingerprint density at radius 1 is 1.61 bits per heavy atom. The third-order valence-electron chi connectivity index (χ3n) is 3.89. The van der Waals surface area contributed by atoms with Gasteiger partial charge in [0.05, 0.1) is 0 Å². The van der Waals surface area contributed by atoms with Gasteiger partial charge < -0.3 is 15.2 Å². The number of carbonyl (C=O) groups excluding carboxylic acids is 1. The fourth-order valence-electron chi connectivity index (χ4n) is 2.54. The first-order valence-electron chi connectivity index (χ1n) is 6.34. The molecule has 2 N–H and O–H groups in total. The smallest absolute Gasteiger partial charge is 0.270 e. The summed E-state index contributed by atoms with van der Waals surface area (Å²) in [5.74, 6) is 1.14. The summed E-state index contributed by atoms with van der Waals surface area (Å²) in [6, 6.07) is 1.87. The van der Waals surface area contributed by atoms with Gasteiger partial charge in [-0.25, -0.2) is 0 Å². The van der Waals surface area contributed by atoms with Gasteiger partial charge in [0.1, 0.15) is 5.69 Å². The van der Waals surface area contributed by atoms with Gasteiger partial charge >= 0.3 is 0 Å². The normalized spacial score (nSPS) is 24.3. The first-order chi connectivity index (χ1) is 8.52. The average Bonchev–Trinajstić information content (AvgIpc) is 2.68. The molecular weight excluding hydrogens is 294 g/mol. The zero-order chi connectivity index (χ0) is 13.3. The lowest BCUT2D eigenvalue weighted by Crippen LogP contribution is -2.45. The summed E-state index contributed by atoms with van der Waals surface area (Å²) >= 11 is 3.40. The van der Waals surface area contributed by atoms with Gasteiger partial charge in [0.25, 0.3) is 5.91 Å². The van der Waals surface area contributed by atoms with Crippen molar-refractivity contribution < 1.29 is 4.79 Å². The van der Waals surface area contributed by atoms with Crippen LogP contribution in [0.5, 0.6) is 0 Å². The van der Waals surface area contributed by atoms with E-state index in [4.69, 9.17) is 5.73 Å². The van der Waals surface area contributed by atoms with Crippen molar-refractivity contribution in [3.8, 4) is 0 Å². The Labute approximate surface area is 116 Å². The van der Waals surface area contributed by atoms with Crippen LogP contribution in [0.25, 0.3) is 0 Å². The average molecular weight is 314 g/mol. The topological polar surface area (TPSA) is 51.3 Å². The van der Waals surface area contributed by atoms with E-state index in [0.717, 1.165) is 29.7 Å². The van der Waals surface area contributed by atoms with Crippen molar-refractivity contribution in [3.63, 3.8) is 0 Å². The van der Waals surface area contributed by atoms with Crippen LogP contribution in [-0.4, -0.2) is 35.0 Å². The molecule has 5 heteroatoms. The van der Waals surface area contributed by atoms with E-state index in [0.29, 0.717) is 18.4 Å². The SMILES string of the molecule is CC1CCN(C(=O)c2cc(Br)cn2C)CC1CN. The van der Waals surface area contributed by atoms with Crippen LogP contribution in [-0.2, 0) is 7.05 Å². The fraction of sp³-hybridized carbons (Fsp3) is 0.615. The third-order valence-corrected chi connectivity index (χ3v) is 4.33. The van der Waals surface area contributed by atoms with E-state index >= 15 is 0 Å². The molecule has 2 atom stereocenters. The minimum atomic E-state index is 0.105. The Kier molecular flexibility index (Phi) is 4.12. The second-order valence-corrected chi connectivity index (χ2v) is 6.08. The number of hydrogen-bond donors (Lipinski definition) is 1. The summed E-state index contributed by atoms with van der Waals surface area (Å²) in [6.45, 7) is 4.48. The highest BCUT2D eigenvalue weighted by Gasteiger charge is 2.29. The summed E-state index contributed by atoms with van der Waals surface area (Å²) < 4.78 is 2.80. The lowest BCUT2D eigenvalue weighted by Gasteiger charge is -2.36. The summed E-state index contributed by atoms with van der Waals surface area (Å²) in [6.07, 6.45) is 2.94. The lowest BCUT2D eigenvalue weighted by molar-refractivity contribution is 0.0609. The highest BCUT2D eigenvalue weighted by molar-refractivity contribution is 9.10. The molecule has 0 spiro atoms. The van der Waals surface area contributed by atoms with E-state index in [1.807, 2.05) is 28.8 Å². The van der Waals surface area contributed by atoms with Crippen LogP contribution < -0.4 is 5.73 Å². The molecule has 1 aromatic rings. The molecule has 0 aromatic carbocycles. The number of rotatable bonds is 2. The molecule has 1 amide bonds. The molecule has 1 aliphatic rings. The summed E-state index contributed by atoms with van der Waals surface area (Å²) in [5, 5.41) is 0. The molecule has 1 fully saturated rings. The van der Waals surface area contributed by atoms with Crippen molar-refractivity contribution in [3.05, 3.63) is 22.4 Å². The summed E-state index contributed by atoms with van der Waals surface area (Å²) in [4.78, 5) is 14.4.